The summed E-state index contributed by atoms with van der Waals surface area (Å²) in [6, 6.07) is 3.62. The number of hydrogen-bond donors (Lipinski definition) is 0. The van der Waals surface area contributed by atoms with Gasteiger partial charge < -0.3 is 9.32 Å². The molecule has 2 heterocycles. The summed E-state index contributed by atoms with van der Waals surface area (Å²) >= 11 is 0. The van der Waals surface area contributed by atoms with Gasteiger partial charge in [0.2, 0.25) is 0 Å². The highest BCUT2D eigenvalue weighted by Gasteiger charge is 2.20. The first-order chi connectivity index (χ1) is 7.33. The zero-order valence-electron chi connectivity index (χ0n) is 9.11. The van der Waals surface area contributed by atoms with Crippen LogP contribution >= 0.6 is 0 Å². The molecule has 0 N–H and O–H groups in total. The average molecular weight is 207 g/mol. The predicted molar refractivity (Wildman–Crippen MR) is 59.3 cm³/mol. The largest absolute Gasteiger partial charge is 0.438 e. The van der Waals surface area contributed by atoms with Gasteiger partial charge in [0.05, 0.1) is 0 Å². The number of furan rings is 1. The molecule has 0 aromatic carbocycles. The SMILES string of the molecule is CCC1CCCN(c2ccc(C=O)o2)C1. The van der Waals surface area contributed by atoms with Gasteiger partial charge in [0.1, 0.15) is 0 Å². The third-order valence-corrected chi connectivity index (χ3v) is 3.14. The molecule has 0 aliphatic carbocycles. The Bertz CT molecular complexity index is 332. The molecule has 1 aliphatic heterocycles. The van der Waals surface area contributed by atoms with Crippen LogP contribution in [0.25, 0.3) is 0 Å². The molecule has 1 aliphatic rings. The predicted octanol–water partition coefficient (Wildman–Crippen LogP) is 2.72. The molecule has 2 rings (SSSR count). The van der Waals surface area contributed by atoms with Crippen molar-refractivity contribution in [2.24, 2.45) is 5.92 Å². The summed E-state index contributed by atoms with van der Waals surface area (Å²) in [5.74, 6) is 2.03. The van der Waals surface area contributed by atoms with Gasteiger partial charge in [-0.05, 0) is 24.8 Å². The van der Waals surface area contributed by atoms with Gasteiger partial charge in [-0.15, -0.1) is 0 Å². The van der Waals surface area contributed by atoms with Crippen molar-refractivity contribution in [3.05, 3.63) is 17.9 Å². The minimum absolute atomic E-state index is 0.420. The molecular weight excluding hydrogens is 190 g/mol. The summed E-state index contributed by atoms with van der Waals surface area (Å²) in [4.78, 5) is 12.8. The average Bonchev–Trinajstić information content (AvgIpc) is 2.78. The van der Waals surface area contributed by atoms with Crippen LogP contribution in [-0.4, -0.2) is 19.4 Å². The quantitative estimate of drug-likeness (QED) is 0.714. The molecule has 0 amide bonds. The monoisotopic (exact) mass is 207 g/mol. The fraction of sp³-hybridized carbons (Fsp3) is 0.583. The summed E-state index contributed by atoms with van der Waals surface area (Å²) in [5, 5.41) is 0. The van der Waals surface area contributed by atoms with Gasteiger partial charge >= 0.3 is 0 Å². The second-order valence-electron chi connectivity index (χ2n) is 4.16. The zero-order chi connectivity index (χ0) is 10.7. The Morgan fingerprint density at radius 2 is 2.47 bits per heavy atom. The second-order valence-corrected chi connectivity index (χ2v) is 4.16. The fourth-order valence-corrected chi connectivity index (χ4v) is 2.17. The molecule has 3 nitrogen and oxygen atoms in total. The van der Waals surface area contributed by atoms with Crippen LogP contribution in [0.1, 0.15) is 36.7 Å². The van der Waals surface area contributed by atoms with Gasteiger partial charge in [-0.3, -0.25) is 4.79 Å². The molecule has 15 heavy (non-hydrogen) atoms. The fourth-order valence-electron chi connectivity index (χ4n) is 2.17. The first-order valence-corrected chi connectivity index (χ1v) is 5.63. The van der Waals surface area contributed by atoms with Crippen molar-refractivity contribution in [2.45, 2.75) is 26.2 Å². The van der Waals surface area contributed by atoms with E-state index in [4.69, 9.17) is 4.42 Å². The standard InChI is InChI=1S/C12H17NO2/c1-2-10-4-3-7-13(8-10)12-6-5-11(9-14)15-12/h5-6,9-10H,2-4,7-8H2,1H3. The maximum Gasteiger partial charge on any atom is 0.196 e. The first kappa shape index (κ1) is 10.3. The van der Waals surface area contributed by atoms with Crippen molar-refractivity contribution in [1.82, 2.24) is 0 Å². The molecular formula is C12H17NO2. The highest BCUT2D eigenvalue weighted by molar-refractivity contribution is 5.71. The van der Waals surface area contributed by atoms with Gasteiger partial charge in [0.25, 0.3) is 0 Å². The van der Waals surface area contributed by atoms with Gasteiger partial charge in [0, 0.05) is 19.2 Å². The molecule has 82 valence electrons. The maximum absolute atomic E-state index is 10.5. The van der Waals surface area contributed by atoms with Crippen molar-refractivity contribution in [3.8, 4) is 0 Å². The summed E-state index contributed by atoms with van der Waals surface area (Å²) in [7, 11) is 0. The van der Waals surface area contributed by atoms with Crippen LogP contribution in [0.15, 0.2) is 16.5 Å². The third-order valence-electron chi connectivity index (χ3n) is 3.14. The van der Waals surface area contributed by atoms with Gasteiger partial charge in [-0.1, -0.05) is 13.3 Å². The summed E-state index contributed by atoms with van der Waals surface area (Å²) in [5.41, 5.74) is 0. The van der Waals surface area contributed by atoms with E-state index >= 15 is 0 Å². The molecule has 0 bridgehead atoms. The number of carbonyl (C=O) groups is 1. The number of anilines is 1. The van der Waals surface area contributed by atoms with E-state index in [0.29, 0.717) is 5.76 Å². The number of aldehydes is 1. The van der Waals surface area contributed by atoms with Crippen LogP contribution in [0.2, 0.25) is 0 Å². The zero-order valence-corrected chi connectivity index (χ0v) is 9.11. The molecule has 1 aromatic heterocycles. The molecule has 1 saturated heterocycles. The molecule has 3 heteroatoms. The van der Waals surface area contributed by atoms with Crippen LogP contribution in [0, 0.1) is 5.92 Å². The van der Waals surface area contributed by atoms with E-state index in [1.54, 1.807) is 6.07 Å². The summed E-state index contributed by atoms with van der Waals surface area (Å²) < 4.78 is 5.42. The Balaban J connectivity index is 2.06. The van der Waals surface area contributed by atoms with E-state index in [9.17, 15) is 4.79 Å². The van der Waals surface area contributed by atoms with Crippen LogP contribution in [0.5, 0.6) is 0 Å². The highest BCUT2D eigenvalue weighted by atomic mass is 16.4. The molecule has 0 spiro atoms. The van der Waals surface area contributed by atoms with Crippen molar-refractivity contribution in [3.63, 3.8) is 0 Å². The normalized spacial score (nSPS) is 21.7. The van der Waals surface area contributed by atoms with Gasteiger partial charge in [-0.25, -0.2) is 0 Å². The Labute approximate surface area is 90.1 Å². The molecule has 1 unspecified atom stereocenters. The number of piperidine rings is 1. The lowest BCUT2D eigenvalue weighted by atomic mass is 9.96. The van der Waals surface area contributed by atoms with E-state index in [-0.39, 0.29) is 0 Å². The Morgan fingerprint density at radius 1 is 1.60 bits per heavy atom. The van der Waals surface area contributed by atoms with E-state index < -0.39 is 0 Å². The number of hydrogen-bond acceptors (Lipinski definition) is 3. The minimum atomic E-state index is 0.420. The maximum atomic E-state index is 10.5. The number of carbonyl (C=O) groups excluding carboxylic acids is 1. The smallest absolute Gasteiger partial charge is 0.196 e. The molecule has 1 fully saturated rings. The lowest BCUT2D eigenvalue weighted by Gasteiger charge is -2.31. The van der Waals surface area contributed by atoms with Crippen LogP contribution < -0.4 is 4.90 Å². The van der Waals surface area contributed by atoms with Crippen molar-refractivity contribution < 1.29 is 9.21 Å². The number of rotatable bonds is 3. The van der Waals surface area contributed by atoms with Gasteiger partial charge in [0.15, 0.2) is 17.9 Å². The lowest BCUT2D eigenvalue weighted by Crippen LogP contribution is -2.34. The van der Waals surface area contributed by atoms with E-state index in [2.05, 4.69) is 11.8 Å². The molecule has 0 radical (unpaired) electrons. The summed E-state index contributed by atoms with van der Waals surface area (Å²) in [6.07, 6.45) is 4.51. The van der Waals surface area contributed by atoms with Crippen molar-refractivity contribution in [1.29, 1.82) is 0 Å². The molecule has 0 saturated carbocycles. The minimum Gasteiger partial charge on any atom is -0.438 e. The lowest BCUT2D eigenvalue weighted by molar-refractivity contribution is 0.110. The Kier molecular flexibility index (Phi) is 3.09. The van der Waals surface area contributed by atoms with Crippen LogP contribution in [0.3, 0.4) is 0 Å². The van der Waals surface area contributed by atoms with E-state index in [0.717, 1.165) is 31.2 Å². The van der Waals surface area contributed by atoms with Crippen molar-refractivity contribution >= 4 is 12.2 Å². The van der Waals surface area contributed by atoms with Gasteiger partial charge in [-0.2, -0.15) is 0 Å². The third kappa shape index (κ3) is 2.22. The Hall–Kier alpha value is -1.25. The second kappa shape index (κ2) is 4.51. The van der Waals surface area contributed by atoms with Crippen LogP contribution in [0.4, 0.5) is 5.88 Å². The number of nitrogens with zero attached hydrogens (tertiary/aromatic N) is 1. The van der Waals surface area contributed by atoms with E-state index in [1.165, 1.54) is 19.3 Å². The Morgan fingerprint density at radius 3 is 3.13 bits per heavy atom. The highest BCUT2D eigenvalue weighted by Crippen LogP contribution is 2.25. The molecule has 1 aromatic rings. The topological polar surface area (TPSA) is 33.5 Å². The molecule has 1 atom stereocenters. The van der Waals surface area contributed by atoms with Crippen LogP contribution in [-0.2, 0) is 0 Å². The first-order valence-electron chi connectivity index (χ1n) is 5.63. The summed E-state index contributed by atoms with van der Waals surface area (Å²) in [6.45, 7) is 4.33. The van der Waals surface area contributed by atoms with E-state index in [1.807, 2.05) is 6.07 Å². The van der Waals surface area contributed by atoms with Crippen molar-refractivity contribution in [2.75, 3.05) is 18.0 Å².